The largest absolute Gasteiger partial charge is 1.00 e. The summed E-state index contributed by atoms with van der Waals surface area (Å²) in [7, 11) is 0. The minimum atomic E-state index is -1.33. The Labute approximate surface area is 188 Å². The second-order valence-corrected chi connectivity index (χ2v) is 9.89. The van der Waals surface area contributed by atoms with Crippen LogP contribution in [0.5, 0.6) is 5.75 Å². The third-order valence-corrected chi connectivity index (χ3v) is 5.21. The molecule has 1 rings (SSSR count). The summed E-state index contributed by atoms with van der Waals surface area (Å²) in [5.41, 5.74) is 1.23. The van der Waals surface area contributed by atoms with Gasteiger partial charge in [-0.3, -0.25) is 0 Å². The molecule has 3 N–H and O–H groups in total. The molecule has 0 bridgehead atoms. The molecule has 1 aromatic carbocycles. The topological polar surface area (TPSA) is 101 Å². The van der Waals surface area contributed by atoms with Crippen LogP contribution in [0.4, 0.5) is 0 Å². The third kappa shape index (κ3) is 8.75. The van der Waals surface area contributed by atoms with Gasteiger partial charge in [0, 0.05) is 40.6 Å². The average Bonchev–Trinajstić information content (AvgIpc) is 2.42. The van der Waals surface area contributed by atoms with Gasteiger partial charge in [0.05, 0.1) is 12.2 Å². The molecule has 0 saturated heterocycles. The molecule has 0 fully saturated rings. The first-order valence-corrected chi connectivity index (χ1v) is 9.77. The van der Waals surface area contributed by atoms with Crippen LogP contribution >= 0.6 is 11.8 Å². The predicted octanol–water partition coefficient (Wildman–Crippen LogP) is -0.665. The maximum Gasteiger partial charge on any atom is 1.00 e. The van der Waals surface area contributed by atoms with E-state index >= 15 is 0 Å². The van der Waals surface area contributed by atoms with E-state index in [1.165, 1.54) is 11.8 Å². The predicted molar refractivity (Wildman–Crippen MR) is 102 cm³/mol. The molecule has 0 amide bonds. The van der Waals surface area contributed by atoms with Crippen LogP contribution in [0.2, 0.25) is 0 Å². The van der Waals surface area contributed by atoms with Gasteiger partial charge in [0.1, 0.15) is 5.75 Å². The van der Waals surface area contributed by atoms with E-state index in [1.807, 2.05) is 53.7 Å². The van der Waals surface area contributed by atoms with Crippen molar-refractivity contribution in [2.24, 2.45) is 0 Å². The van der Waals surface area contributed by atoms with E-state index in [0.29, 0.717) is 11.5 Å². The molecule has 0 aromatic heterocycles. The number of phenols is 1. The van der Waals surface area contributed by atoms with Crippen LogP contribution < -0.4 is 34.7 Å². The maximum absolute atomic E-state index is 10.7. The first-order chi connectivity index (χ1) is 11.7. The number of aliphatic carboxylic acids is 1. The molecule has 0 heterocycles. The summed E-state index contributed by atoms with van der Waals surface area (Å²) in [5.74, 6) is -0.706. The molecule has 0 saturated carbocycles. The van der Waals surface area contributed by atoms with Gasteiger partial charge >= 0.3 is 29.6 Å². The number of carbonyl (C=O) groups is 1. The minimum Gasteiger partial charge on any atom is -0.550 e. The zero-order valence-electron chi connectivity index (χ0n) is 17.5. The fourth-order valence-corrected chi connectivity index (χ4v) is 3.61. The van der Waals surface area contributed by atoms with E-state index in [-0.39, 0.29) is 46.8 Å². The van der Waals surface area contributed by atoms with E-state index in [1.54, 1.807) is 0 Å². The first-order valence-electron chi connectivity index (χ1n) is 8.78. The maximum atomic E-state index is 10.7. The van der Waals surface area contributed by atoms with Gasteiger partial charge < -0.3 is 25.2 Å². The van der Waals surface area contributed by atoms with E-state index < -0.39 is 24.6 Å². The molecule has 0 radical (unpaired) electrons. The number of aliphatic hydroxyl groups is 2. The molecular formula is C20H31NaO5S. The molecule has 27 heavy (non-hydrogen) atoms. The van der Waals surface area contributed by atoms with Crippen LogP contribution in [0.1, 0.15) is 65.5 Å². The molecule has 0 aliphatic carbocycles. The summed E-state index contributed by atoms with van der Waals surface area (Å²) in [4.78, 5) is 11.4. The Hall–Kier alpha value is -0.240. The van der Waals surface area contributed by atoms with Gasteiger partial charge in [-0.2, -0.15) is 0 Å². The van der Waals surface area contributed by atoms with Crippen LogP contribution in [-0.4, -0.2) is 39.2 Å². The van der Waals surface area contributed by atoms with Crippen molar-refractivity contribution < 1.29 is 54.8 Å². The first kappa shape index (κ1) is 26.8. The van der Waals surface area contributed by atoms with Gasteiger partial charge in [0.15, 0.2) is 0 Å². The summed E-state index contributed by atoms with van der Waals surface area (Å²) in [5, 5.41) is 40.9. The van der Waals surface area contributed by atoms with Crippen molar-refractivity contribution in [3.63, 3.8) is 0 Å². The third-order valence-electron chi connectivity index (χ3n) is 4.09. The fourth-order valence-electron chi connectivity index (χ4n) is 2.68. The zero-order chi connectivity index (χ0) is 20.3. The molecular weight excluding hydrogens is 375 g/mol. The summed E-state index contributed by atoms with van der Waals surface area (Å²) in [6, 6.07) is 3.86. The quantitative estimate of drug-likeness (QED) is 0.410. The van der Waals surface area contributed by atoms with Crippen LogP contribution in [0, 0.1) is 0 Å². The molecule has 148 valence electrons. The number of carboxylic acids is 1. The van der Waals surface area contributed by atoms with Crippen LogP contribution in [0.3, 0.4) is 0 Å². The summed E-state index contributed by atoms with van der Waals surface area (Å²) < 4.78 is 0. The van der Waals surface area contributed by atoms with Crippen molar-refractivity contribution in [3.05, 3.63) is 23.3 Å². The zero-order valence-corrected chi connectivity index (χ0v) is 20.3. The average molecular weight is 407 g/mol. The molecule has 0 aliphatic rings. The number of rotatable bonds is 7. The van der Waals surface area contributed by atoms with Crippen LogP contribution in [0.25, 0.3) is 0 Å². The Morgan fingerprint density at radius 2 is 1.48 bits per heavy atom. The van der Waals surface area contributed by atoms with Crippen molar-refractivity contribution in [1.82, 2.24) is 0 Å². The Morgan fingerprint density at radius 1 is 1.04 bits per heavy atom. The number of thioether (sulfide) groups is 1. The number of aromatic hydroxyl groups is 1. The summed E-state index contributed by atoms with van der Waals surface area (Å²) in [6.45, 7) is 12.2. The number of hydrogen-bond donors (Lipinski definition) is 3. The van der Waals surface area contributed by atoms with Crippen molar-refractivity contribution in [1.29, 1.82) is 0 Å². The summed E-state index contributed by atoms with van der Waals surface area (Å²) >= 11 is 1.42. The van der Waals surface area contributed by atoms with Gasteiger partial charge in [-0.05, 0) is 23.0 Å². The Balaban J connectivity index is 0.00000676. The van der Waals surface area contributed by atoms with Gasteiger partial charge in [-0.25, -0.2) is 0 Å². The number of phenolic OH excluding ortho intramolecular Hbond substituents is 1. The van der Waals surface area contributed by atoms with Gasteiger partial charge in [-0.15, -0.1) is 11.8 Å². The van der Waals surface area contributed by atoms with E-state index in [4.69, 9.17) is 0 Å². The van der Waals surface area contributed by atoms with Gasteiger partial charge in [0.2, 0.25) is 0 Å². The van der Waals surface area contributed by atoms with Crippen molar-refractivity contribution in [2.75, 3.05) is 5.75 Å². The second-order valence-electron chi connectivity index (χ2n) is 8.80. The van der Waals surface area contributed by atoms with E-state index in [0.717, 1.165) is 16.0 Å². The number of carboxylic acid groups (broad SMARTS) is 1. The van der Waals surface area contributed by atoms with Crippen LogP contribution in [0.15, 0.2) is 17.0 Å². The number of aliphatic hydroxyl groups excluding tert-OH is 2. The molecule has 0 spiro atoms. The standard InChI is InChI=1S/C20H32O5S.Na/c1-19(2,3)15-9-14(10-16(18(15)25)20(4,5)6)26-11-13(22)7-12(21)8-17(23)24;/h9-10,12-13,21-22,25H,7-8,11H2,1-6H3,(H,23,24);/q;+1/p-1/t12-,13+;/m1./s1. The minimum absolute atomic E-state index is 0. The molecule has 7 heteroatoms. The van der Waals surface area contributed by atoms with Crippen molar-refractivity contribution in [2.45, 2.75) is 82.3 Å². The Morgan fingerprint density at radius 3 is 1.85 bits per heavy atom. The number of benzene rings is 1. The molecule has 0 unspecified atom stereocenters. The van der Waals surface area contributed by atoms with E-state index in [2.05, 4.69) is 0 Å². The molecule has 0 aliphatic heterocycles. The molecule has 5 nitrogen and oxygen atoms in total. The second kappa shape index (κ2) is 10.5. The normalized spacial score (nSPS) is 14.4. The molecule has 1 aromatic rings. The van der Waals surface area contributed by atoms with Crippen LogP contribution in [-0.2, 0) is 15.6 Å². The smallest absolute Gasteiger partial charge is 0.550 e. The SMILES string of the molecule is CC(C)(C)c1cc(SC[C@@H](O)C[C@@H](O)CC(=O)[O-])cc(C(C)(C)C)c1O.[Na+]. The fraction of sp³-hybridized carbons (Fsp3) is 0.650. The summed E-state index contributed by atoms with van der Waals surface area (Å²) in [6.07, 6.45) is -2.45. The number of hydrogen-bond acceptors (Lipinski definition) is 6. The number of carbonyl (C=O) groups excluding carboxylic acids is 1. The Bertz CT molecular complexity index is 599. The Kier molecular flexibility index (Phi) is 10.4. The van der Waals surface area contributed by atoms with Gasteiger partial charge in [-0.1, -0.05) is 41.5 Å². The van der Waals surface area contributed by atoms with E-state index in [9.17, 15) is 25.2 Å². The van der Waals surface area contributed by atoms with Crippen molar-refractivity contribution in [3.8, 4) is 5.75 Å². The van der Waals surface area contributed by atoms with Crippen molar-refractivity contribution >= 4 is 17.7 Å². The van der Waals surface area contributed by atoms with Gasteiger partial charge in [0.25, 0.3) is 0 Å². The monoisotopic (exact) mass is 406 g/mol. The molecule has 2 atom stereocenters.